The van der Waals surface area contributed by atoms with Crippen molar-refractivity contribution < 1.29 is 4.42 Å². The second-order valence-corrected chi connectivity index (χ2v) is 5.27. The summed E-state index contributed by atoms with van der Waals surface area (Å²) in [5, 5.41) is 4.80. The van der Waals surface area contributed by atoms with E-state index in [1.165, 1.54) is 11.3 Å². The van der Waals surface area contributed by atoms with E-state index in [4.69, 9.17) is 10.2 Å². The van der Waals surface area contributed by atoms with Crippen molar-refractivity contribution in [3.63, 3.8) is 0 Å². The van der Waals surface area contributed by atoms with Gasteiger partial charge in [0.05, 0.1) is 5.69 Å². The van der Waals surface area contributed by atoms with Crippen LogP contribution >= 0.6 is 11.3 Å². The molecule has 92 valence electrons. The van der Waals surface area contributed by atoms with Crippen molar-refractivity contribution in [2.75, 3.05) is 5.73 Å². The van der Waals surface area contributed by atoms with Crippen LogP contribution in [0.15, 0.2) is 52.3 Å². The fourth-order valence-corrected chi connectivity index (χ4v) is 2.88. The van der Waals surface area contributed by atoms with E-state index in [2.05, 4.69) is 17.1 Å². The molecule has 0 aliphatic rings. The Bertz CT molecular complexity index is 891. The van der Waals surface area contributed by atoms with Crippen molar-refractivity contribution in [1.29, 1.82) is 0 Å². The molecule has 2 N–H and O–H groups in total. The molecule has 19 heavy (non-hydrogen) atoms. The number of thiazole rings is 1. The topological polar surface area (TPSA) is 52.0 Å². The molecule has 0 fully saturated rings. The van der Waals surface area contributed by atoms with Crippen LogP contribution in [0.5, 0.6) is 0 Å². The van der Waals surface area contributed by atoms with Crippen LogP contribution in [0.2, 0.25) is 0 Å². The molecule has 2 aromatic heterocycles. The molecule has 0 unspecified atom stereocenters. The Morgan fingerprint density at radius 2 is 1.84 bits per heavy atom. The first kappa shape index (κ1) is 10.6. The fourth-order valence-electron chi connectivity index (χ4n) is 2.31. The number of para-hydroxylation sites is 1. The molecule has 0 spiro atoms. The lowest BCUT2D eigenvalue weighted by Crippen LogP contribution is -1.82. The standard InChI is InChI=1S/C15H10N2OS/c16-15-17-12(8-19-15)9-5-6-14-11(7-9)10-3-1-2-4-13(10)18-14/h1-8H,(H2,16,17). The van der Waals surface area contributed by atoms with Gasteiger partial charge in [-0.25, -0.2) is 4.98 Å². The predicted octanol–water partition coefficient (Wildman–Crippen LogP) is 4.29. The number of nitrogen functional groups attached to an aromatic ring is 1. The van der Waals surface area contributed by atoms with Crippen LogP contribution in [0, 0.1) is 0 Å². The molecule has 2 heterocycles. The largest absolute Gasteiger partial charge is 0.456 e. The maximum absolute atomic E-state index is 5.81. The monoisotopic (exact) mass is 266 g/mol. The highest BCUT2D eigenvalue weighted by Crippen LogP contribution is 2.32. The van der Waals surface area contributed by atoms with Crippen LogP contribution in [0.25, 0.3) is 33.2 Å². The minimum absolute atomic E-state index is 0.590. The third kappa shape index (κ3) is 1.61. The number of hydrogen-bond acceptors (Lipinski definition) is 4. The first-order chi connectivity index (χ1) is 9.31. The normalized spacial score (nSPS) is 11.4. The molecule has 0 amide bonds. The average molecular weight is 266 g/mol. The summed E-state index contributed by atoms with van der Waals surface area (Å²) in [5.74, 6) is 0. The second kappa shape index (κ2) is 3.83. The third-order valence-electron chi connectivity index (χ3n) is 3.19. The van der Waals surface area contributed by atoms with Gasteiger partial charge in [0, 0.05) is 21.7 Å². The van der Waals surface area contributed by atoms with Crippen molar-refractivity contribution in [3.05, 3.63) is 47.8 Å². The van der Waals surface area contributed by atoms with Gasteiger partial charge in [0.15, 0.2) is 5.13 Å². The Kier molecular flexibility index (Phi) is 2.13. The summed E-state index contributed by atoms with van der Waals surface area (Å²) in [4.78, 5) is 4.32. The van der Waals surface area contributed by atoms with Crippen molar-refractivity contribution in [2.24, 2.45) is 0 Å². The number of fused-ring (bicyclic) bond motifs is 3. The van der Waals surface area contributed by atoms with Gasteiger partial charge >= 0.3 is 0 Å². The molecule has 0 saturated heterocycles. The molecule has 0 saturated carbocycles. The lowest BCUT2D eigenvalue weighted by atomic mass is 10.1. The summed E-state index contributed by atoms with van der Waals surface area (Å²) in [6.07, 6.45) is 0. The number of nitrogens with two attached hydrogens (primary N) is 1. The predicted molar refractivity (Wildman–Crippen MR) is 79.2 cm³/mol. The lowest BCUT2D eigenvalue weighted by molar-refractivity contribution is 0.669. The van der Waals surface area contributed by atoms with Crippen LogP contribution in [-0.4, -0.2) is 4.98 Å². The van der Waals surface area contributed by atoms with Crippen LogP contribution in [0.4, 0.5) is 5.13 Å². The molecule has 0 atom stereocenters. The maximum Gasteiger partial charge on any atom is 0.180 e. The molecule has 4 aromatic rings. The summed E-state index contributed by atoms with van der Waals surface area (Å²) in [5.41, 5.74) is 9.47. The van der Waals surface area contributed by atoms with Crippen LogP contribution in [0.1, 0.15) is 0 Å². The molecule has 2 aromatic carbocycles. The highest BCUT2D eigenvalue weighted by Gasteiger charge is 2.09. The van der Waals surface area contributed by atoms with Gasteiger partial charge in [-0.15, -0.1) is 11.3 Å². The number of benzene rings is 2. The Hall–Kier alpha value is -2.33. The first-order valence-corrected chi connectivity index (χ1v) is 6.82. The Morgan fingerprint density at radius 1 is 1.00 bits per heavy atom. The van der Waals surface area contributed by atoms with Crippen molar-refractivity contribution in [3.8, 4) is 11.3 Å². The zero-order valence-electron chi connectivity index (χ0n) is 9.96. The van der Waals surface area contributed by atoms with Gasteiger partial charge in [-0.1, -0.05) is 18.2 Å². The Balaban J connectivity index is 2.02. The average Bonchev–Trinajstić information content (AvgIpc) is 3.01. The number of rotatable bonds is 1. The fraction of sp³-hybridized carbons (Fsp3) is 0. The minimum Gasteiger partial charge on any atom is -0.456 e. The minimum atomic E-state index is 0.590. The molecular weight excluding hydrogens is 256 g/mol. The number of nitrogens with zero attached hydrogens (tertiary/aromatic N) is 1. The highest BCUT2D eigenvalue weighted by atomic mass is 32.1. The molecular formula is C15H10N2OS. The third-order valence-corrected chi connectivity index (χ3v) is 3.87. The Morgan fingerprint density at radius 3 is 2.68 bits per heavy atom. The highest BCUT2D eigenvalue weighted by molar-refractivity contribution is 7.13. The number of furan rings is 1. The first-order valence-electron chi connectivity index (χ1n) is 5.94. The molecule has 0 aliphatic heterocycles. The molecule has 0 aliphatic carbocycles. The summed E-state index contributed by atoms with van der Waals surface area (Å²) in [6, 6.07) is 14.2. The van der Waals surface area contributed by atoms with Gasteiger partial charge in [0.1, 0.15) is 11.2 Å². The van der Waals surface area contributed by atoms with Gasteiger partial charge in [0.2, 0.25) is 0 Å². The van der Waals surface area contributed by atoms with Gasteiger partial charge < -0.3 is 10.2 Å². The smallest absolute Gasteiger partial charge is 0.180 e. The molecule has 0 bridgehead atoms. The van der Waals surface area contributed by atoms with Crippen molar-refractivity contribution in [1.82, 2.24) is 4.98 Å². The molecule has 0 radical (unpaired) electrons. The summed E-state index contributed by atoms with van der Waals surface area (Å²) < 4.78 is 5.81. The molecule has 4 heteroatoms. The molecule has 4 rings (SSSR count). The van der Waals surface area contributed by atoms with E-state index in [1.807, 2.05) is 35.7 Å². The summed E-state index contributed by atoms with van der Waals surface area (Å²) in [7, 11) is 0. The van der Waals surface area contributed by atoms with Crippen LogP contribution in [0.3, 0.4) is 0 Å². The lowest BCUT2D eigenvalue weighted by Gasteiger charge is -1.96. The van der Waals surface area contributed by atoms with E-state index < -0.39 is 0 Å². The zero-order chi connectivity index (χ0) is 12.8. The van der Waals surface area contributed by atoms with E-state index in [1.54, 1.807) is 0 Å². The number of aromatic nitrogens is 1. The quantitative estimate of drug-likeness (QED) is 0.559. The Labute approximate surface area is 113 Å². The SMILES string of the molecule is Nc1nc(-c2ccc3oc4ccccc4c3c2)cs1. The maximum atomic E-state index is 5.81. The van der Waals surface area contributed by atoms with Gasteiger partial charge in [0.25, 0.3) is 0 Å². The zero-order valence-corrected chi connectivity index (χ0v) is 10.8. The van der Waals surface area contributed by atoms with E-state index in [-0.39, 0.29) is 0 Å². The molecule has 3 nitrogen and oxygen atoms in total. The van der Waals surface area contributed by atoms with Gasteiger partial charge in [-0.05, 0) is 24.3 Å². The van der Waals surface area contributed by atoms with Crippen LogP contribution < -0.4 is 5.73 Å². The van der Waals surface area contributed by atoms with Gasteiger partial charge in [-0.3, -0.25) is 0 Å². The van der Waals surface area contributed by atoms with E-state index in [0.29, 0.717) is 5.13 Å². The number of hydrogen-bond donors (Lipinski definition) is 1. The number of anilines is 1. The van der Waals surface area contributed by atoms with Gasteiger partial charge in [-0.2, -0.15) is 0 Å². The van der Waals surface area contributed by atoms with E-state index in [9.17, 15) is 0 Å². The van der Waals surface area contributed by atoms with Crippen molar-refractivity contribution in [2.45, 2.75) is 0 Å². The van der Waals surface area contributed by atoms with E-state index >= 15 is 0 Å². The van der Waals surface area contributed by atoms with E-state index in [0.717, 1.165) is 33.2 Å². The van der Waals surface area contributed by atoms with Crippen molar-refractivity contribution >= 4 is 38.4 Å². The second-order valence-electron chi connectivity index (χ2n) is 4.38. The van der Waals surface area contributed by atoms with Crippen LogP contribution in [-0.2, 0) is 0 Å². The summed E-state index contributed by atoms with van der Waals surface area (Å²) in [6.45, 7) is 0. The summed E-state index contributed by atoms with van der Waals surface area (Å²) >= 11 is 1.45.